The van der Waals surface area contributed by atoms with Crippen molar-refractivity contribution in [3.8, 4) is 0 Å². The third-order valence-electron chi connectivity index (χ3n) is 4.28. The van der Waals surface area contributed by atoms with Gasteiger partial charge in [-0.05, 0) is 42.2 Å². The van der Waals surface area contributed by atoms with Crippen molar-refractivity contribution in [3.63, 3.8) is 0 Å². The van der Waals surface area contributed by atoms with Crippen LogP contribution in [0.25, 0.3) is 0 Å². The van der Waals surface area contributed by atoms with E-state index in [4.69, 9.17) is 23.2 Å². The van der Waals surface area contributed by atoms with Gasteiger partial charge in [0.15, 0.2) is 0 Å². The number of hydrogen-bond acceptors (Lipinski definition) is 3. The second-order valence-electron chi connectivity index (χ2n) is 6.23. The number of pyridine rings is 1. The van der Waals surface area contributed by atoms with Crippen LogP contribution in [0.5, 0.6) is 0 Å². The van der Waals surface area contributed by atoms with E-state index in [0.29, 0.717) is 35.9 Å². The molecule has 0 spiro atoms. The van der Waals surface area contributed by atoms with Crippen LogP contribution in [0.1, 0.15) is 30.4 Å². The first-order valence-electron chi connectivity index (χ1n) is 8.48. The van der Waals surface area contributed by atoms with E-state index in [9.17, 15) is 9.59 Å². The molecule has 1 saturated heterocycles. The summed E-state index contributed by atoms with van der Waals surface area (Å²) in [7, 11) is 0. The molecule has 1 aliphatic heterocycles. The largest absolute Gasteiger partial charge is 0.352 e. The number of rotatable bonds is 6. The van der Waals surface area contributed by atoms with E-state index in [-0.39, 0.29) is 11.8 Å². The maximum Gasteiger partial charge on any atom is 0.227 e. The van der Waals surface area contributed by atoms with Gasteiger partial charge in [-0.15, -0.1) is 0 Å². The smallest absolute Gasteiger partial charge is 0.227 e. The lowest BCUT2D eigenvalue weighted by atomic mass is 10.1. The van der Waals surface area contributed by atoms with Gasteiger partial charge in [0.05, 0.1) is 21.9 Å². The number of amides is 2. The lowest BCUT2D eigenvalue weighted by Crippen LogP contribution is -2.25. The molecule has 1 N–H and O–H groups in total. The Balaban J connectivity index is 1.51. The van der Waals surface area contributed by atoms with Crippen LogP contribution in [0.4, 0.5) is 5.69 Å². The number of nitrogens with zero attached hydrogens (tertiary/aromatic N) is 2. The van der Waals surface area contributed by atoms with E-state index in [1.165, 1.54) is 0 Å². The first-order chi connectivity index (χ1) is 12.5. The highest BCUT2D eigenvalue weighted by Gasteiger charge is 2.22. The molecule has 26 heavy (non-hydrogen) atoms. The fraction of sp³-hybridized carbons (Fsp3) is 0.316. The Bertz CT molecular complexity index is 826. The zero-order valence-corrected chi connectivity index (χ0v) is 15.7. The van der Waals surface area contributed by atoms with Crippen LogP contribution in [-0.4, -0.2) is 23.3 Å². The third kappa shape index (κ3) is 4.74. The lowest BCUT2D eigenvalue weighted by Gasteiger charge is -2.16. The van der Waals surface area contributed by atoms with Crippen molar-refractivity contribution in [1.29, 1.82) is 0 Å². The number of nitrogens with one attached hydrogen (secondary N) is 1. The van der Waals surface area contributed by atoms with Crippen molar-refractivity contribution in [3.05, 3.63) is 57.8 Å². The maximum absolute atomic E-state index is 12.1. The van der Waals surface area contributed by atoms with Crippen LogP contribution in [0.2, 0.25) is 10.0 Å². The van der Waals surface area contributed by atoms with Gasteiger partial charge in [-0.3, -0.25) is 14.6 Å². The number of hydrogen-bond donors (Lipinski definition) is 1. The molecule has 1 fully saturated rings. The van der Waals surface area contributed by atoms with Crippen molar-refractivity contribution < 1.29 is 9.59 Å². The molecule has 0 saturated carbocycles. The van der Waals surface area contributed by atoms with E-state index in [1.807, 2.05) is 12.1 Å². The predicted octanol–water partition coefficient (Wildman–Crippen LogP) is 3.76. The molecule has 7 heteroatoms. The molecule has 1 aromatic heterocycles. The molecule has 0 aliphatic carbocycles. The molecular weight excluding hydrogens is 373 g/mol. The number of halogens is 2. The van der Waals surface area contributed by atoms with E-state index in [2.05, 4.69) is 10.3 Å². The van der Waals surface area contributed by atoms with E-state index < -0.39 is 0 Å². The fourth-order valence-corrected chi connectivity index (χ4v) is 3.20. The minimum Gasteiger partial charge on any atom is -0.352 e. The molecule has 0 unspecified atom stereocenters. The highest BCUT2D eigenvalue weighted by atomic mass is 35.5. The molecule has 0 atom stereocenters. The fourth-order valence-electron chi connectivity index (χ4n) is 2.88. The SMILES string of the molecule is O=C(CCc1ccc(Cl)c(Cl)c1)NCc1cncc(N2CCCC2=O)c1. The Morgan fingerprint density at radius 3 is 2.73 bits per heavy atom. The summed E-state index contributed by atoms with van der Waals surface area (Å²) in [5, 5.41) is 3.88. The van der Waals surface area contributed by atoms with Crippen molar-refractivity contribution in [1.82, 2.24) is 10.3 Å². The van der Waals surface area contributed by atoms with Gasteiger partial charge < -0.3 is 10.2 Å². The second-order valence-corrected chi connectivity index (χ2v) is 7.04. The number of aryl methyl sites for hydroxylation is 1. The summed E-state index contributed by atoms with van der Waals surface area (Å²) in [6.45, 7) is 1.10. The first-order valence-corrected chi connectivity index (χ1v) is 9.23. The van der Waals surface area contributed by atoms with Gasteiger partial charge in [-0.25, -0.2) is 0 Å². The molecular formula is C19H19Cl2N3O2. The van der Waals surface area contributed by atoms with Gasteiger partial charge in [0.2, 0.25) is 11.8 Å². The lowest BCUT2D eigenvalue weighted by molar-refractivity contribution is -0.121. The zero-order chi connectivity index (χ0) is 18.5. The summed E-state index contributed by atoms with van der Waals surface area (Å²) in [5.74, 6) is 0.0633. The van der Waals surface area contributed by atoms with Gasteiger partial charge in [-0.2, -0.15) is 0 Å². The summed E-state index contributed by atoms with van der Waals surface area (Å²) >= 11 is 11.9. The molecule has 3 rings (SSSR count). The van der Waals surface area contributed by atoms with Gasteiger partial charge >= 0.3 is 0 Å². The second kappa shape index (κ2) is 8.52. The van der Waals surface area contributed by atoms with Crippen molar-refractivity contribution in [2.45, 2.75) is 32.2 Å². The normalized spacial score (nSPS) is 13.9. The van der Waals surface area contributed by atoms with Crippen LogP contribution >= 0.6 is 23.2 Å². The number of aromatic nitrogens is 1. The topological polar surface area (TPSA) is 62.3 Å². The number of carbonyl (C=O) groups is 2. The van der Waals surface area contributed by atoms with Crippen LogP contribution in [0, 0.1) is 0 Å². The summed E-state index contributed by atoms with van der Waals surface area (Å²) in [4.78, 5) is 29.8. The molecule has 1 aromatic carbocycles. The van der Waals surface area contributed by atoms with Crippen LogP contribution in [0.15, 0.2) is 36.7 Å². The van der Waals surface area contributed by atoms with Gasteiger partial charge in [-0.1, -0.05) is 29.3 Å². The van der Waals surface area contributed by atoms with E-state index >= 15 is 0 Å². The first kappa shape index (κ1) is 18.7. The number of anilines is 1. The Kier molecular flexibility index (Phi) is 6.12. The molecule has 0 radical (unpaired) electrons. The molecule has 5 nitrogen and oxygen atoms in total. The average Bonchev–Trinajstić information content (AvgIpc) is 3.07. The molecule has 0 bridgehead atoms. The quantitative estimate of drug-likeness (QED) is 0.814. The average molecular weight is 392 g/mol. The third-order valence-corrected chi connectivity index (χ3v) is 5.02. The Morgan fingerprint density at radius 1 is 1.15 bits per heavy atom. The Hall–Kier alpha value is -2.11. The van der Waals surface area contributed by atoms with E-state index in [1.54, 1.807) is 29.4 Å². The summed E-state index contributed by atoms with van der Waals surface area (Å²) in [6, 6.07) is 7.27. The monoisotopic (exact) mass is 391 g/mol. The van der Waals surface area contributed by atoms with Crippen LogP contribution in [-0.2, 0) is 22.6 Å². The molecule has 2 amide bonds. The van der Waals surface area contributed by atoms with Gasteiger partial charge in [0.1, 0.15) is 0 Å². The maximum atomic E-state index is 12.1. The van der Waals surface area contributed by atoms with Crippen molar-refractivity contribution in [2.24, 2.45) is 0 Å². The van der Waals surface area contributed by atoms with Crippen molar-refractivity contribution in [2.75, 3.05) is 11.4 Å². The molecule has 2 aromatic rings. The minimum atomic E-state index is -0.0567. The summed E-state index contributed by atoms with van der Waals surface area (Å²) < 4.78 is 0. The molecule has 2 heterocycles. The standard InChI is InChI=1S/C19H19Cl2N3O2/c20-16-5-3-13(9-17(16)21)4-6-18(25)23-11-14-8-15(12-22-10-14)24-7-1-2-19(24)26/h3,5,8-10,12H,1-2,4,6-7,11H2,(H,23,25). The number of carbonyl (C=O) groups excluding carboxylic acids is 2. The van der Waals surface area contributed by atoms with Gasteiger partial charge in [0, 0.05) is 32.1 Å². The van der Waals surface area contributed by atoms with Crippen LogP contribution in [0.3, 0.4) is 0 Å². The Labute approximate surface area is 162 Å². The molecule has 136 valence electrons. The highest BCUT2D eigenvalue weighted by molar-refractivity contribution is 6.42. The Morgan fingerprint density at radius 2 is 2.00 bits per heavy atom. The highest BCUT2D eigenvalue weighted by Crippen LogP contribution is 2.23. The van der Waals surface area contributed by atoms with Crippen LogP contribution < -0.4 is 10.2 Å². The minimum absolute atomic E-state index is 0.0567. The zero-order valence-electron chi connectivity index (χ0n) is 14.2. The summed E-state index contributed by atoms with van der Waals surface area (Å²) in [6.07, 6.45) is 5.77. The summed E-state index contributed by atoms with van der Waals surface area (Å²) in [5.41, 5.74) is 2.62. The predicted molar refractivity (Wildman–Crippen MR) is 102 cm³/mol. The molecule has 1 aliphatic rings. The number of benzene rings is 1. The van der Waals surface area contributed by atoms with E-state index in [0.717, 1.165) is 29.8 Å². The van der Waals surface area contributed by atoms with Crippen molar-refractivity contribution >= 4 is 40.7 Å². The van der Waals surface area contributed by atoms with Gasteiger partial charge in [0.25, 0.3) is 0 Å².